The molecule has 2 aromatic rings. The lowest BCUT2D eigenvalue weighted by molar-refractivity contribution is 0.217. The second-order valence-electron chi connectivity index (χ2n) is 4.03. The first-order valence-corrected chi connectivity index (χ1v) is 5.92. The van der Waals surface area contributed by atoms with Gasteiger partial charge in [0.1, 0.15) is 24.7 Å². The molecule has 0 unspecified atom stereocenters. The molecule has 3 nitrogen and oxygen atoms in total. The Kier molecular flexibility index (Phi) is 4.07. The summed E-state index contributed by atoms with van der Waals surface area (Å²) in [7, 11) is 0. The Labute approximate surface area is 107 Å². The van der Waals surface area contributed by atoms with E-state index in [4.69, 9.17) is 15.2 Å². The van der Waals surface area contributed by atoms with Crippen molar-refractivity contribution in [1.82, 2.24) is 0 Å². The van der Waals surface area contributed by atoms with Gasteiger partial charge in [0.05, 0.1) is 0 Å². The molecule has 0 fully saturated rings. The lowest BCUT2D eigenvalue weighted by atomic mass is 10.2. The first-order valence-electron chi connectivity index (χ1n) is 5.92. The minimum absolute atomic E-state index is 0.512. The van der Waals surface area contributed by atoms with Gasteiger partial charge in [-0.1, -0.05) is 18.2 Å². The second-order valence-corrected chi connectivity index (χ2v) is 4.03. The smallest absolute Gasteiger partial charge is 0.122 e. The minimum atomic E-state index is 0.512. The van der Waals surface area contributed by atoms with Crippen LogP contribution < -0.4 is 15.2 Å². The van der Waals surface area contributed by atoms with E-state index in [1.54, 1.807) is 0 Å². The SMILES string of the molecule is Cc1cc(OCCOc2ccccc2)ccc1N. The van der Waals surface area contributed by atoms with Crippen molar-refractivity contribution in [2.24, 2.45) is 0 Å². The van der Waals surface area contributed by atoms with Crippen LogP contribution in [0.3, 0.4) is 0 Å². The van der Waals surface area contributed by atoms with E-state index in [1.165, 1.54) is 0 Å². The lowest BCUT2D eigenvalue weighted by Gasteiger charge is -2.09. The van der Waals surface area contributed by atoms with Gasteiger partial charge in [0.15, 0.2) is 0 Å². The fraction of sp³-hybridized carbons (Fsp3) is 0.200. The molecule has 0 bridgehead atoms. The van der Waals surface area contributed by atoms with Crippen LogP contribution in [-0.2, 0) is 0 Å². The van der Waals surface area contributed by atoms with Gasteiger partial charge in [0, 0.05) is 5.69 Å². The molecule has 0 saturated carbocycles. The summed E-state index contributed by atoms with van der Waals surface area (Å²) in [5.74, 6) is 1.67. The maximum Gasteiger partial charge on any atom is 0.122 e. The van der Waals surface area contributed by atoms with Crippen LogP contribution in [0.25, 0.3) is 0 Å². The van der Waals surface area contributed by atoms with E-state index >= 15 is 0 Å². The molecular formula is C15H17NO2. The van der Waals surface area contributed by atoms with Gasteiger partial charge < -0.3 is 15.2 Å². The zero-order valence-electron chi connectivity index (χ0n) is 10.4. The van der Waals surface area contributed by atoms with Gasteiger partial charge in [-0.3, -0.25) is 0 Å². The molecule has 0 atom stereocenters. The van der Waals surface area contributed by atoms with Gasteiger partial charge >= 0.3 is 0 Å². The number of benzene rings is 2. The van der Waals surface area contributed by atoms with Gasteiger partial charge in [-0.25, -0.2) is 0 Å². The molecule has 0 radical (unpaired) electrons. The van der Waals surface area contributed by atoms with Crippen molar-refractivity contribution >= 4 is 5.69 Å². The molecule has 3 heteroatoms. The average Bonchev–Trinajstić information content (AvgIpc) is 2.40. The van der Waals surface area contributed by atoms with Crippen LogP contribution in [0, 0.1) is 6.92 Å². The van der Waals surface area contributed by atoms with E-state index in [2.05, 4.69) is 0 Å². The maximum atomic E-state index is 5.74. The van der Waals surface area contributed by atoms with Gasteiger partial charge in [-0.05, 0) is 42.8 Å². The summed E-state index contributed by atoms with van der Waals surface area (Å²) in [5.41, 5.74) is 7.54. The standard InChI is InChI=1S/C15H17NO2/c1-12-11-14(7-8-15(12)16)18-10-9-17-13-5-3-2-4-6-13/h2-8,11H,9-10,16H2,1H3. The van der Waals surface area contributed by atoms with Crippen molar-refractivity contribution in [2.45, 2.75) is 6.92 Å². The highest BCUT2D eigenvalue weighted by molar-refractivity contribution is 5.49. The van der Waals surface area contributed by atoms with E-state index in [9.17, 15) is 0 Å². The Morgan fingerprint density at radius 1 is 0.889 bits per heavy atom. The first kappa shape index (κ1) is 12.3. The summed E-state index contributed by atoms with van der Waals surface area (Å²) in [4.78, 5) is 0. The summed E-state index contributed by atoms with van der Waals surface area (Å²) < 4.78 is 11.1. The quantitative estimate of drug-likeness (QED) is 0.648. The molecule has 0 amide bonds. The fourth-order valence-electron chi connectivity index (χ4n) is 1.57. The van der Waals surface area contributed by atoms with Crippen molar-refractivity contribution in [3.8, 4) is 11.5 Å². The Hall–Kier alpha value is -2.16. The monoisotopic (exact) mass is 243 g/mol. The van der Waals surface area contributed by atoms with Crippen molar-refractivity contribution in [1.29, 1.82) is 0 Å². The number of rotatable bonds is 5. The van der Waals surface area contributed by atoms with E-state index in [0.717, 1.165) is 22.7 Å². The Balaban J connectivity index is 1.77. The predicted molar refractivity (Wildman–Crippen MR) is 73.0 cm³/mol. The second kappa shape index (κ2) is 5.96. The fourth-order valence-corrected chi connectivity index (χ4v) is 1.57. The third kappa shape index (κ3) is 3.42. The molecular weight excluding hydrogens is 226 g/mol. The molecule has 2 aromatic carbocycles. The molecule has 0 aromatic heterocycles. The summed E-state index contributed by atoms with van der Waals surface area (Å²) in [6, 6.07) is 15.3. The Morgan fingerprint density at radius 3 is 2.22 bits per heavy atom. The summed E-state index contributed by atoms with van der Waals surface area (Å²) in [5, 5.41) is 0. The zero-order valence-corrected chi connectivity index (χ0v) is 10.4. The molecule has 0 aliphatic rings. The maximum absolute atomic E-state index is 5.74. The third-order valence-electron chi connectivity index (χ3n) is 2.61. The van der Waals surface area contributed by atoms with E-state index in [0.29, 0.717) is 13.2 Å². The van der Waals surface area contributed by atoms with E-state index in [1.807, 2.05) is 55.5 Å². The molecule has 2 rings (SSSR count). The highest BCUT2D eigenvalue weighted by Gasteiger charge is 1.98. The van der Waals surface area contributed by atoms with Crippen LogP contribution in [0.2, 0.25) is 0 Å². The van der Waals surface area contributed by atoms with Gasteiger partial charge in [-0.15, -0.1) is 0 Å². The number of hydrogen-bond acceptors (Lipinski definition) is 3. The molecule has 0 aliphatic carbocycles. The summed E-state index contributed by atoms with van der Waals surface area (Å²) >= 11 is 0. The van der Waals surface area contributed by atoms with Crippen LogP contribution in [0.4, 0.5) is 5.69 Å². The molecule has 18 heavy (non-hydrogen) atoms. The average molecular weight is 243 g/mol. The third-order valence-corrected chi connectivity index (χ3v) is 2.61. The number of anilines is 1. The number of ether oxygens (including phenoxy) is 2. The molecule has 0 saturated heterocycles. The summed E-state index contributed by atoms with van der Waals surface area (Å²) in [6.07, 6.45) is 0. The molecule has 0 spiro atoms. The number of nitrogens with two attached hydrogens (primary N) is 1. The highest BCUT2D eigenvalue weighted by atomic mass is 16.5. The Morgan fingerprint density at radius 2 is 1.56 bits per heavy atom. The zero-order chi connectivity index (χ0) is 12.8. The van der Waals surface area contributed by atoms with Gasteiger partial charge in [0.2, 0.25) is 0 Å². The van der Waals surface area contributed by atoms with Crippen molar-refractivity contribution in [3.05, 3.63) is 54.1 Å². The van der Waals surface area contributed by atoms with E-state index in [-0.39, 0.29) is 0 Å². The topological polar surface area (TPSA) is 44.5 Å². The number of aryl methyl sites for hydroxylation is 1. The van der Waals surface area contributed by atoms with Crippen LogP contribution in [0.5, 0.6) is 11.5 Å². The molecule has 2 N–H and O–H groups in total. The van der Waals surface area contributed by atoms with Crippen molar-refractivity contribution in [2.75, 3.05) is 18.9 Å². The normalized spacial score (nSPS) is 10.1. The highest BCUT2D eigenvalue weighted by Crippen LogP contribution is 2.18. The van der Waals surface area contributed by atoms with Crippen LogP contribution >= 0.6 is 0 Å². The predicted octanol–water partition coefficient (Wildman–Crippen LogP) is 3.04. The van der Waals surface area contributed by atoms with E-state index < -0.39 is 0 Å². The van der Waals surface area contributed by atoms with Crippen LogP contribution in [-0.4, -0.2) is 13.2 Å². The molecule has 0 aliphatic heterocycles. The van der Waals surface area contributed by atoms with Crippen LogP contribution in [0.1, 0.15) is 5.56 Å². The largest absolute Gasteiger partial charge is 0.490 e. The van der Waals surface area contributed by atoms with Gasteiger partial charge in [-0.2, -0.15) is 0 Å². The van der Waals surface area contributed by atoms with Gasteiger partial charge in [0.25, 0.3) is 0 Å². The molecule has 94 valence electrons. The Bertz CT molecular complexity index is 497. The van der Waals surface area contributed by atoms with Crippen LogP contribution in [0.15, 0.2) is 48.5 Å². The summed E-state index contributed by atoms with van der Waals surface area (Å²) in [6.45, 7) is 2.99. The first-order chi connectivity index (χ1) is 8.75. The number of nitrogen functional groups attached to an aromatic ring is 1. The van der Waals surface area contributed by atoms with Crippen molar-refractivity contribution in [3.63, 3.8) is 0 Å². The number of hydrogen-bond donors (Lipinski definition) is 1. The lowest BCUT2D eigenvalue weighted by Crippen LogP contribution is -2.09. The minimum Gasteiger partial charge on any atom is -0.490 e. The number of para-hydroxylation sites is 1. The van der Waals surface area contributed by atoms with Crippen molar-refractivity contribution < 1.29 is 9.47 Å². The molecule has 0 heterocycles.